The third-order valence-corrected chi connectivity index (χ3v) is 4.75. The highest BCUT2D eigenvalue weighted by atomic mass is 19.1. The van der Waals surface area contributed by atoms with Gasteiger partial charge in [0.05, 0.1) is 6.04 Å². The minimum atomic E-state index is -0.370. The Bertz CT molecular complexity index is 743. The first-order chi connectivity index (χ1) is 12.5. The first-order valence-electron chi connectivity index (χ1n) is 8.78. The fourth-order valence-electron chi connectivity index (χ4n) is 3.14. The third-order valence-electron chi connectivity index (χ3n) is 4.75. The van der Waals surface area contributed by atoms with E-state index in [1.54, 1.807) is 24.3 Å². The van der Waals surface area contributed by atoms with E-state index in [-0.39, 0.29) is 23.6 Å². The molecule has 0 aromatic heterocycles. The monoisotopic (exact) mass is 359 g/mol. The highest BCUT2D eigenvalue weighted by Gasteiger charge is 2.25. The molecule has 2 aromatic rings. The van der Waals surface area contributed by atoms with E-state index in [0.29, 0.717) is 5.69 Å². The number of amides is 1. The highest BCUT2D eigenvalue weighted by Crippen LogP contribution is 2.14. The summed E-state index contributed by atoms with van der Waals surface area (Å²) in [5.41, 5.74) is 1.55. The standard InChI is InChI=1S/C20H23F2N3O/c1-15(20(26)23-19-4-2-3-18(22)13-19)25-11-9-24(10-12-25)14-16-5-7-17(21)8-6-16/h2-8,13,15H,9-12,14H2,1H3,(H,23,26). The van der Waals surface area contributed by atoms with Crippen molar-refractivity contribution in [3.05, 3.63) is 65.7 Å². The molecule has 1 aliphatic rings. The predicted octanol–water partition coefficient (Wildman–Crippen LogP) is 3.11. The van der Waals surface area contributed by atoms with Gasteiger partial charge in [0.1, 0.15) is 11.6 Å². The summed E-state index contributed by atoms with van der Waals surface area (Å²) in [5, 5.41) is 2.77. The Hall–Kier alpha value is -2.31. The average Bonchev–Trinajstić information content (AvgIpc) is 2.64. The van der Waals surface area contributed by atoms with Crippen molar-refractivity contribution in [3.63, 3.8) is 0 Å². The second-order valence-electron chi connectivity index (χ2n) is 6.61. The second-order valence-corrected chi connectivity index (χ2v) is 6.61. The Kier molecular flexibility index (Phi) is 5.96. The van der Waals surface area contributed by atoms with Gasteiger partial charge in [0.25, 0.3) is 0 Å². The molecule has 3 rings (SSSR count). The van der Waals surface area contributed by atoms with E-state index in [4.69, 9.17) is 0 Å². The van der Waals surface area contributed by atoms with Crippen molar-refractivity contribution in [2.75, 3.05) is 31.5 Å². The van der Waals surface area contributed by atoms with E-state index < -0.39 is 0 Å². The van der Waals surface area contributed by atoms with Gasteiger partial charge in [0, 0.05) is 38.4 Å². The van der Waals surface area contributed by atoms with Crippen molar-refractivity contribution in [2.24, 2.45) is 0 Å². The van der Waals surface area contributed by atoms with Gasteiger partial charge in [-0.15, -0.1) is 0 Å². The quantitative estimate of drug-likeness (QED) is 0.891. The molecule has 138 valence electrons. The highest BCUT2D eigenvalue weighted by molar-refractivity contribution is 5.94. The van der Waals surface area contributed by atoms with Gasteiger partial charge in [-0.3, -0.25) is 14.6 Å². The fraction of sp³-hybridized carbons (Fsp3) is 0.350. The number of nitrogens with zero attached hydrogens (tertiary/aromatic N) is 2. The Labute approximate surface area is 152 Å². The van der Waals surface area contributed by atoms with Crippen LogP contribution in [0.2, 0.25) is 0 Å². The number of halogens is 2. The second kappa shape index (κ2) is 8.38. The van der Waals surface area contributed by atoms with Crippen LogP contribution in [0.3, 0.4) is 0 Å². The fourth-order valence-corrected chi connectivity index (χ4v) is 3.14. The molecule has 1 fully saturated rings. The van der Waals surface area contributed by atoms with Crippen molar-refractivity contribution in [3.8, 4) is 0 Å². The van der Waals surface area contributed by atoms with Gasteiger partial charge in [0.2, 0.25) is 5.91 Å². The summed E-state index contributed by atoms with van der Waals surface area (Å²) in [6, 6.07) is 12.2. The van der Waals surface area contributed by atoms with Crippen LogP contribution in [-0.2, 0) is 11.3 Å². The molecule has 1 amide bonds. The Morgan fingerprint density at radius 2 is 1.73 bits per heavy atom. The Morgan fingerprint density at radius 3 is 2.38 bits per heavy atom. The lowest BCUT2D eigenvalue weighted by atomic mass is 10.1. The van der Waals surface area contributed by atoms with Gasteiger partial charge < -0.3 is 5.32 Å². The maximum Gasteiger partial charge on any atom is 0.241 e. The molecule has 1 unspecified atom stereocenters. The number of piperazine rings is 1. The summed E-state index contributed by atoms with van der Waals surface area (Å²) < 4.78 is 26.2. The zero-order chi connectivity index (χ0) is 18.5. The first kappa shape index (κ1) is 18.5. The Balaban J connectivity index is 1.49. The molecule has 1 atom stereocenters. The van der Waals surface area contributed by atoms with Crippen LogP contribution in [0.5, 0.6) is 0 Å². The van der Waals surface area contributed by atoms with Crippen molar-refractivity contribution in [1.82, 2.24) is 9.80 Å². The van der Waals surface area contributed by atoms with Gasteiger partial charge in [-0.1, -0.05) is 18.2 Å². The maximum absolute atomic E-state index is 13.2. The first-order valence-corrected chi connectivity index (χ1v) is 8.78. The molecular weight excluding hydrogens is 336 g/mol. The zero-order valence-electron chi connectivity index (χ0n) is 14.8. The van der Waals surface area contributed by atoms with E-state index >= 15 is 0 Å². The number of benzene rings is 2. The number of carbonyl (C=O) groups is 1. The summed E-state index contributed by atoms with van der Waals surface area (Å²) >= 11 is 0. The predicted molar refractivity (Wildman–Crippen MR) is 97.7 cm³/mol. The van der Waals surface area contributed by atoms with Crippen molar-refractivity contribution in [1.29, 1.82) is 0 Å². The van der Waals surface area contributed by atoms with Gasteiger partial charge in [-0.2, -0.15) is 0 Å². The molecule has 4 nitrogen and oxygen atoms in total. The molecule has 0 spiro atoms. The van der Waals surface area contributed by atoms with E-state index in [0.717, 1.165) is 38.3 Å². The smallest absolute Gasteiger partial charge is 0.241 e. The number of nitrogens with one attached hydrogen (secondary N) is 1. The average molecular weight is 359 g/mol. The summed E-state index contributed by atoms with van der Waals surface area (Å²) in [6.45, 7) is 5.88. The van der Waals surface area contributed by atoms with Crippen molar-refractivity contribution in [2.45, 2.75) is 19.5 Å². The topological polar surface area (TPSA) is 35.6 Å². The number of rotatable bonds is 5. The molecule has 0 aliphatic carbocycles. The lowest BCUT2D eigenvalue weighted by Gasteiger charge is -2.37. The molecule has 26 heavy (non-hydrogen) atoms. The molecule has 1 heterocycles. The molecule has 1 aliphatic heterocycles. The SMILES string of the molecule is CC(C(=O)Nc1cccc(F)c1)N1CCN(Cc2ccc(F)cc2)CC1. The van der Waals surface area contributed by atoms with Gasteiger partial charge in [-0.25, -0.2) is 8.78 Å². The third kappa shape index (κ3) is 4.86. The lowest BCUT2D eigenvalue weighted by Crippen LogP contribution is -2.52. The number of hydrogen-bond donors (Lipinski definition) is 1. The van der Waals surface area contributed by atoms with Crippen LogP contribution in [0.25, 0.3) is 0 Å². The van der Waals surface area contributed by atoms with Gasteiger partial charge in [0.15, 0.2) is 0 Å². The summed E-state index contributed by atoms with van der Waals surface area (Å²) in [5.74, 6) is -0.732. The molecule has 0 radical (unpaired) electrons. The summed E-state index contributed by atoms with van der Waals surface area (Å²) in [4.78, 5) is 16.8. The Morgan fingerprint density at radius 1 is 1.04 bits per heavy atom. The van der Waals surface area contributed by atoms with Gasteiger partial charge in [-0.05, 0) is 42.8 Å². The summed E-state index contributed by atoms with van der Waals surface area (Å²) in [6.07, 6.45) is 0. The van der Waals surface area contributed by atoms with Crippen LogP contribution in [0, 0.1) is 11.6 Å². The van der Waals surface area contributed by atoms with Crippen LogP contribution in [0.15, 0.2) is 48.5 Å². The molecule has 2 aromatic carbocycles. The number of anilines is 1. The molecule has 0 saturated carbocycles. The van der Waals surface area contributed by atoms with Crippen LogP contribution >= 0.6 is 0 Å². The van der Waals surface area contributed by atoms with Crippen LogP contribution in [0.4, 0.5) is 14.5 Å². The lowest BCUT2D eigenvalue weighted by molar-refractivity contribution is -0.121. The number of carbonyl (C=O) groups excluding carboxylic acids is 1. The minimum Gasteiger partial charge on any atom is -0.325 e. The minimum absolute atomic E-state index is 0.136. The molecule has 6 heteroatoms. The number of hydrogen-bond acceptors (Lipinski definition) is 3. The zero-order valence-corrected chi connectivity index (χ0v) is 14.8. The van der Waals surface area contributed by atoms with Crippen LogP contribution < -0.4 is 5.32 Å². The van der Waals surface area contributed by atoms with Crippen molar-refractivity contribution < 1.29 is 13.6 Å². The van der Waals surface area contributed by atoms with Gasteiger partial charge >= 0.3 is 0 Å². The molecule has 1 saturated heterocycles. The molecular formula is C20H23F2N3O. The van der Waals surface area contributed by atoms with E-state index in [9.17, 15) is 13.6 Å². The normalized spacial score (nSPS) is 17.0. The maximum atomic E-state index is 13.2. The van der Waals surface area contributed by atoms with E-state index in [2.05, 4.69) is 15.1 Å². The largest absolute Gasteiger partial charge is 0.325 e. The van der Waals surface area contributed by atoms with Crippen LogP contribution in [-0.4, -0.2) is 47.9 Å². The van der Waals surface area contributed by atoms with E-state index in [1.807, 2.05) is 6.92 Å². The molecule has 1 N–H and O–H groups in total. The van der Waals surface area contributed by atoms with Crippen LogP contribution in [0.1, 0.15) is 12.5 Å². The summed E-state index contributed by atoms with van der Waals surface area (Å²) in [7, 11) is 0. The molecule has 0 bridgehead atoms. The van der Waals surface area contributed by atoms with Crippen molar-refractivity contribution >= 4 is 11.6 Å². The van der Waals surface area contributed by atoms with E-state index in [1.165, 1.54) is 24.3 Å².